The fourth-order valence-corrected chi connectivity index (χ4v) is 2.68. The van der Waals surface area contributed by atoms with Crippen LogP contribution in [-0.4, -0.2) is 31.5 Å². The normalized spacial score (nSPS) is 13.4. The molecule has 136 valence electrons. The van der Waals surface area contributed by atoms with Gasteiger partial charge in [-0.2, -0.15) is 0 Å². The van der Waals surface area contributed by atoms with Crippen molar-refractivity contribution in [2.75, 3.05) is 20.3 Å². The molecule has 2 rings (SSSR count). The third kappa shape index (κ3) is 5.75. The van der Waals surface area contributed by atoms with Crippen LogP contribution in [0.15, 0.2) is 36.4 Å². The van der Waals surface area contributed by atoms with E-state index in [2.05, 4.69) is 5.32 Å². The summed E-state index contributed by atoms with van der Waals surface area (Å²) in [6, 6.07) is 9.49. The summed E-state index contributed by atoms with van der Waals surface area (Å²) in [4.78, 5) is 0. The largest absolute Gasteiger partial charge is 0.494 e. The van der Waals surface area contributed by atoms with Gasteiger partial charge in [0.1, 0.15) is 18.5 Å². The number of benzene rings is 2. The van der Waals surface area contributed by atoms with Gasteiger partial charge in [0.25, 0.3) is 0 Å². The zero-order chi connectivity index (χ0) is 18.4. The highest BCUT2D eigenvalue weighted by Crippen LogP contribution is 2.27. The SMILES string of the molecule is COc1ccc(C(C)NCC(O)COc2ccc(Cl)cc2Cl)cc1F. The fourth-order valence-electron chi connectivity index (χ4n) is 2.22. The minimum absolute atomic E-state index is 0.0675. The maximum Gasteiger partial charge on any atom is 0.165 e. The summed E-state index contributed by atoms with van der Waals surface area (Å²) in [5.41, 5.74) is 0.757. The Labute approximate surface area is 156 Å². The molecule has 0 bridgehead atoms. The van der Waals surface area contributed by atoms with E-state index in [1.165, 1.54) is 13.2 Å². The minimum atomic E-state index is -0.753. The van der Waals surface area contributed by atoms with E-state index in [4.69, 9.17) is 32.7 Å². The molecule has 0 heterocycles. The van der Waals surface area contributed by atoms with Gasteiger partial charge < -0.3 is 19.9 Å². The van der Waals surface area contributed by atoms with Gasteiger partial charge in [-0.05, 0) is 42.8 Å². The first-order chi connectivity index (χ1) is 11.9. The Morgan fingerprint density at radius 1 is 1.16 bits per heavy atom. The molecule has 0 spiro atoms. The molecule has 0 aromatic heterocycles. The van der Waals surface area contributed by atoms with E-state index in [0.717, 1.165) is 5.56 Å². The van der Waals surface area contributed by atoms with Gasteiger partial charge in [-0.15, -0.1) is 0 Å². The maximum atomic E-state index is 13.7. The summed E-state index contributed by atoms with van der Waals surface area (Å²) in [6.07, 6.45) is -0.753. The van der Waals surface area contributed by atoms with Crippen molar-refractivity contribution < 1.29 is 19.0 Å². The molecule has 0 saturated carbocycles. The van der Waals surface area contributed by atoms with Crippen molar-refractivity contribution in [1.82, 2.24) is 5.32 Å². The Morgan fingerprint density at radius 2 is 1.88 bits per heavy atom. The lowest BCUT2D eigenvalue weighted by atomic mass is 10.1. The first kappa shape index (κ1) is 19.8. The van der Waals surface area contributed by atoms with Crippen LogP contribution in [-0.2, 0) is 0 Å². The topological polar surface area (TPSA) is 50.7 Å². The lowest BCUT2D eigenvalue weighted by Gasteiger charge is -2.18. The summed E-state index contributed by atoms with van der Waals surface area (Å²) >= 11 is 11.8. The van der Waals surface area contributed by atoms with Crippen LogP contribution in [0.1, 0.15) is 18.5 Å². The second kappa shape index (κ2) is 9.25. The van der Waals surface area contributed by atoms with Crippen LogP contribution in [0.25, 0.3) is 0 Å². The number of aliphatic hydroxyl groups is 1. The first-order valence-corrected chi connectivity index (χ1v) is 8.49. The molecule has 0 aliphatic carbocycles. The average molecular weight is 388 g/mol. The van der Waals surface area contributed by atoms with Gasteiger partial charge in [-0.25, -0.2) is 4.39 Å². The number of hydrogen-bond donors (Lipinski definition) is 2. The monoisotopic (exact) mass is 387 g/mol. The van der Waals surface area contributed by atoms with E-state index in [-0.39, 0.29) is 24.9 Å². The van der Waals surface area contributed by atoms with Crippen LogP contribution in [0.4, 0.5) is 4.39 Å². The predicted octanol–water partition coefficient (Wildman–Crippen LogP) is 4.23. The second-order valence-electron chi connectivity index (χ2n) is 5.56. The molecule has 2 N–H and O–H groups in total. The third-order valence-corrected chi connectivity index (χ3v) is 4.19. The minimum Gasteiger partial charge on any atom is -0.494 e. The molecule has 4 nitrogen and oxygen atoms in total. The molecule has 0 amide bonds. The van der Waals surface area contributed by atoms with Crippen molar-refractivity contribution in [3.05, 3.63) is 57.8 Å². The van der Waals surface area contributed by atoms with E-state index in [1.54, 1.807) is 30.3 Å². The summed E-state index contributed by atoms with van der Waals surface area (Å²) < 4.78 is 24.1. The number of nitrogens with one attached hydrogen (secondary N) is 1. The van der Waals surface area contributed by atoms with Gasteiger partial charge in [-0.3, -0.25) is 0 Å². The van der Waals surface area contributed by atoms with Crippen molar-refractivity contribution in [2.45, 2.75) is 19.1 Å². The molecule has 0 radical (unpaired) electrons. The van der Waals surface area contributed by atoms with E-state index in [9.17, 15) is 9.50 Å². The van der Waals surface area contributed by atoms with Crippen LogP contribution < -0.4 is 14.8 Å². The number of methoxy groups -OCH3 is 1. The van der Waals surface area contributed by atoms with Crippen LogP contribution in [0, 0.1) is 5.82 Å². The summed E-state index contributed by atoms with van der Waals surface area (Å²) in [7, 11) is 1.42. The standard InChI is InChI=1S/C18H20Cl2FNO3/c1-11(12-3-5-18(24-2)16(21)7-12)22-9-14(23)10-25-17-6-4-13(19)8-15(17)20/h3-8,11,14,22-23H,9-10H2,1-2H3. The summed E-state index contributed by atoms with van der Waals surface area (Å²) in [6.45, 7) is 2.23. The van der Waals surface area contributed by atoms with Crippen molar-refractivity contribution in [3.8, 4) is 11.5 Å². The highest BCUT2D eigenvalue weighted by atomic mass is 35.5. The van der Waals surface area contributed by atoms with Crippen LogP contribution >= 0.6 is 23.2 Å². The smallest absolute Gasteiger partial charge is 0.165 e. The maximum absolute atomic E-state index is 13.7. The number of aliphatic hydroxyl groups excluding tert-OH is 1. The molecular formula is C18H20Cl2FNO3. The first-order valence-electron chi connectivity index (χ1n) is 7.73. The molecule has 0 aliphatic rings. The third-order valence-electron chi connectivity index (χ3n) is 3.66. The zero-order valence-electron chi connectivity index (χ0n) is 13.9. The van der Waals surface area contributed by atoms with Crippen LogP contribution in [0.2, 0.25) is 10.0 Å². The van der Waals surface area contributed by atoms with Crippen molar-refractivity contribution in [1.29, 1.82) is 0 Å². The van der Waals surface area contributed by atoms with Crippen LogP contribution in [0.5, 0.6) is 11.5 Å². The molecule has 0 fully saturated rings. The number of hydrogen-bond acceptors (Lipinski definition) is 4. The molecule has 2 aromatic carbocycles. The molecule has 0 aliphatic heterocycles. The van der Waals surface area contributed by atoms with Gasteiger partial charge in [0.2, 0.25) is 0 Å². The van der Waals surface area contributed by atoms with Gasteiger partial charge in [-0.1, -0.05) is 29.3 Å². The van der Waals surface area contributed by atoms with Crippen molar-refractivity contribution in [2.24, 2.45) is 0 Å². The molecule has 25 heavy (non-hydrogen) atoms. The molecule has 0 saturated heterocycles. The second-order valence-corrected chi connectivity index (χ2v) is 6.41. The highest BCUT2D eigenvalue weighted by molar-refractivity contribution is 6.35. The molecular weight excluding hydrogens is 368 g/mol. The van der Waals surface area contributed by atoms with Gasteiger partial charge >= 0.3 is 0 Å². The summed E-state index contributed by atoms with van der Waals surface area (Å²) in [5, 5.41) is 14.1. The Balaban J connectivity index is 1.82. The van der Waals surface area contributed by atoms with Crippen molar-refractivity contribution in [3.63, 3.8) is 0 Å². The zero-order valence-corrected chi connectivity index (χ0v) is 15.4. The van der Waals surface area contributed by atoms with E-state index in [1.807, 2.05) is 6.92 Å². The quantitative estimate of drug-likeness (QED) is 0.711. The predicted molar refractivity (Wildman–Crippen MR) is 97.3 cm³/mol. The van der Waals surface area contributed by atoms with E-state index < -0.39 is 11.9 Å². The van der Waals surface area contributed by atoms with Gasteiger partial charge in [0, 0.05) is 17.6 Å². The molecule has 2 aromatic rings. The lowest BCUT2D eigenvalue weighted by molar-refractivity contribution is 0.104. The highest BCUT2D eigenvalue weighted by Gasteiger charge is 2.12. The lowest BCUT2D eigenvalue weighted by Crippen LogP contribution is -2.33. The molecule has 2 unspecified atom stereocenters. The number of halogens is 3. The van der Waals surface area contributed by atoms with E-state index >= 15 is 0 Å². The Morgan fingerprint density at radius 3 is 2.52 bits per heavy atom. The van der Waals surface area contributed by atoms with Gasteiger partial charge in [0.15, 0.2) is 11.6 Å². The van der Waals surface area contributed by atoms with Gasteiger partial charge in [0.05, 0.1) is 12.1 Å². The molecule has 2 atom stereocenters. The number of rotatable bonds is 8. The van der Waals surface area contributed by atoms with Crippen molar-refractivity contribution >= 4 is 23.2 Å². The van der Waals surface area contributed by atoms with Crippen LogP contribution in [0.3, 0.4) is 0 Å². The Hall–Kier alpha value is -1.53. The Kier molecular flexibility index (Phi) is 7.32. The van der Waals surface area contributed by atoms with E-state index in [0.29, 0.717) is 15.8 Å². The fraction of sp³-hybridized carbons (Fsp3) is 0.333. The molecule has 7 heteroatoms. The number of ether oxygens (including phenoxy) is 2. The average Bonchev–Trinajstić information content (AvgIpc) is 2.58. The Bertz CT molecular complexity index is 715. The summed E-state index contributed by atoms with van der Waals surface area (Å²) in [5.74, 6) is 0.231.